The van der Waals surface area contributed by atoms with Gasteiger partial charge in [-0.3, -0.25) is 0 Å². The molecule has 8 aromatic carbocycles. The first-order valence-corrected chi connectivity index (χ1v) is 16.2. The molecule has 1 aliphatic carbocycles. The zero-order valence-corrected chi connectivity index (χ0v) is 26.4. The number of benzene rings is 8. The summed E-state index contributed by atoms with van der Waals surface area (Å²) in [4.78, 5) is 0. The Morgan fingerprint density at radius 1 is 0.319 bits per heavy atom. The highest BCUT2D eigenvalue weighted by atomic mass is 14.4. The fourth-order valence-corrected chi connectivity index (χ4v) is 7.81. The van der Waals surface area contributed by atoms with E-state index in [0.717, 1.165) is 22.3 Å². The topological polar surface area (TPSA) is 0 Å². The molecule has 0 atom stereocenters. The van der Waals surface area contributed by atoms with Crippen LogP contribution in [-0.4, -0.2) is 0 Å². The maximum Gasteiger partial charge on any atom is 0.0255 e. The molecule has 47 heavy (non-hydrogen) atoms. The smallest absolute Gasteiger partial charge is 0.0255 e. The normalized spacial score (nSPS) is 12.7. The first kappa shape index (κ1) is 27.2. The van der Waals surface area contributed by atoms with Gasteiger partial charge in [0.25, 0.3) is 0 Å². The Morgan fingerprint density at radius 3 is 1.11 bits per heavy atom. The summed E-state index contributed by atoms with van der Waals surface area (Å²) in [7, 11) is 0. The third kappa shape index (κ3) is 4.27. The molecule has 0 N–H and O–H groups in total. The Bertz CT molecular complexity index is 2500. The van der Waals surface area contributed by atoms with Gasteiger partial charge in [-0.15, -0.1) is 0 Å². The van der Waals surface area contributed by atoms with Crippen molar-refractivity contribution in [2.45, 2.75) is 19.3 Å². The molecule has 0 aromatic heterocycles. The monoisotopic (exact) mass is 594 g/mol. The number of rotatable bonds is 0. The van der Waals surface area contributed by atoms with Gasteiger partial charge in [0.15, 0.2) is 0 Å². The first-order chi connectivity index (χ1) is 23.1. The molecule has 218 valence electrons. The minimum absolute atomic E-state index is 0.232. The first-order valence-electron chi connectivity index (χ1n) is 16.2. The van der Waals surface area contributed by atoms with Gasteiger partial charge in [-0.05, 0) is 114 Å². The quantitative estimate of drug-likeness (QED) is 0.121. The van der Waals surface area contributed by atoms with Crippen LogP contribution in [0.1, 0.15) is 47.2 Å². The maximum atomic E-state index is 3.44. The highest BCUT2D eigenvalue weighted by Crippen LogP contribution is 2.58. The van der Waals surface area contributed by atoms with Crippen molar-refractivity contribution in [3.8, 4) is 34.8 Å². The van der Waals surface area contributed by atoms with E-state index < -0.39 is 0 Å². The van der Waals surface area contributed by atoms with Gasteiger partial charge < -0.3 is 0 Å². The van der Waals surface area contributed by atoms with Crippen LogP contribution in [0.2, 0.25) is 0 Å². The molecule has 0 saturated heterocycles. The van der Waals surface area contributed by atoms with Crippen molar-refractivity contribution < 1.29 is 0 Å². The molecule has 8 aromatic rings. The lowest BCUT2D eigenvalue weighted by Crippen LogP contribution is -2.16. The molecule has 0 amide bonds. The van der Waals surface area contributed by atoms with Crippen molar-refractivity contribution in [1.29, 1.82) is 0 Å². The van der Waals surface area contributed by atoms with Crippen molar-refractivity contribution in [2.24, 2.45) is 0 Å². The van der Waals surface area contributed by atoms with Crippen molar-refractivity contribution >= 4 is 43.1 Å². The molecule has 0 aliphatic heterocycles. The Kier molecular flexibility index (Phi) is 6.08. The van der Waals surface area contributed by atoms with Gasteiger partial charge in [-0.1, -0.05) is 135 Å². The lowest BCUT2D eigenvalue weighted by Gasteiger charge is -2.25. The van der Waals surface area contributed by atoms with E-state index in [1.165, 1.54) is 65.3 Å². The van der Waals surface area contributed by atoms with Crippen LogP contribution < -0.4 is 0 Å². The Hall–Kier alpha value is -6.08. The van der Waals surface area contributed by atoms with Gasteiger partial charge in [0, 0.05) is 27.7 Å². The van der Waals surface area contributed by atoms with E-state index in [1.807, 2.05) is 36.4 Å². The molecular weight excluding hydrogens is 565 g/mol. The van der Waals surface area contributed by atoms with E-state index >= 15 is 0 Å². The number of fused-ring (bicyclic) bond motifs is 13. The second-order valence-corrected chi connectivity index (χ2v) is 13.0. The predicted octanol–water partition coefficient (Wildman–Crippen LogP) is 11.4. The van der Waals surface area contributed by atoms with E-state index in [9.17, 15) is 0 Å². The highest BCUT2D eigenvalue weighted by molar-refractivity contribution is 6.26. The van der Waals surface area contributed by atoms with E-state index in [-0.39, 0.29) is 5.41 Å². The number of hydrogen-bond donors (Lipinski definition) is 0. The highest BCUT2D eigenvalue weighted by Gasteiger charge is 2.41. The van der Waals surface area contributed by atoms with Crippen LogP contribution in [0, 0.1) is 23.7 Å². The molecule has 0 heteroatoms. The lowest BCUT2D eigenvalue weighted by molar-refractivity contribution is 0.673. The molecular formula is C47H30. The van der Waals surface area contributed by atoms with Crippen molar-refractivity contribution in [1.82, 2.24) is 0 Å². The Balaban J connectivity index is 1.33. The molecule has 0 bridgehead atoms. The molecule has 0 spiro atoms. The zero-order chi connectivity index (χ0) is 31.5. The average Bonchev–Trinajstić information content (AvgIpc) is 3.38. The van der Waals surface area contributed by atoms with Crippen LogP contribution in [0.5, 0.6) is 0 Å². The van der Waals surface area contributed by atoms with E-state index in [4.69, 9.17) is 0 Å². The zero-order valence-electron chi connectivity index (χ0n) is 26.4. The van der Waals surface area contributed by atoms with Gasteiger partial charge in [-0.2, -0.15) is 0 Å². The summed E-state index contributed by atoms with van der Waals surface area (Å²) in [5.41, 5.74) is 9.39. The van der Waals surface area contributed by atoms with E-state index in [1.54, 1.807) is 0 Å². The van der Waals surface area contributed by atoms with Crippen LogP contribution in [0.25, 0.3) is 54.2 Å². The van der Waals surface area contributed by atoms with Crippen LogP contribution in [-0.2, 0) is 5.41 Å². The van der Waals surface area contributed by atoms with Gasteiger partial charge in [-0.25, -0.2) is 0 Å². The standard InChI is InChI=1S/C47H30/c1-47(2)45-39-27-25-33(23-21-31-13-5-3-6-14-31)29-41(39)35-17-9-11-19-37(35)43(45)44-38-20-12-10-18-36(38)42-30-34(26-28-40(42)46(44)47)24-22-32-15-7-4-8-16-32/h3-20,25-30H,1-2H3. The summed E-state index contributed by atoms with van der Waals surface area (Å²) in [6, 6.07) is 51.9. The van der Waals surface area contributed by atoms with Crippen LogP contribution >= 0.6 is 0 Å². The summed E-state index contributed by atoms with van der Waals surface area (Å²) >= 11 is 0. The van der Waals surface area contributed by atoms with Crippen molar-refractivity contribution in [3.63, 3.8) is 0 Å². The molecule has 0 unspecified atom stereocenters. The molecule has 1 aliphatic rings. The maximum absolute atomic E-state index is 3.44. The van der Waals surface area contributed by atoms with Gasteiger partial charge >= 0.3 is 0 Å². The predicted molar refractivity (Wildman–Crippen MR) is 199 cm³/mol. The van der Waals surface area contributed by atoms with Crippen LogP contribution in [0.15, 0.2) is 146 Å². The second kappa shape index (κ2) is 10.5. The third-order valence-corrected chi connectivity index (χ3v) is 9.80. The molecule has 0 saturated carbocycles. The third-order valence-electron chi connectivity index (χ3n) is 9.80. The van der Waals surface area contributed by atoms with Crippen LogP contribution in [0.3, 0.4) is 0 Å². The molecule has 0 radical (unpaired) electrons. The summed E-state index contributed by atoms with van der Waals surface area (Å²) in [5, 5.41) is 10.2. The molecule has 9 rings (SSSR count). The molecule has 0 heterocycles. The van der Waals surface area contributed by atoms with Crippen molar-refractivity contribution in [2.75, 3.05) is 0 Å². The summed E-state index contributed by atoms with van der Waals surface area (Å²) < 4.78 is 0. The summed E-state index contributed by atoms with van der Waals surface area (Å²) in [6.07, 6.45) is 0. The summed E-state index contributed by atoms with van der Waals surface area (Å²) in [6.45, 7) is 4.82. The largest absolute Gasteiger partial charge is 0.0622 e. The Labute approximate surface area is 275 Å². The van der Waals surface area contributed by atoms with Crippen molar-refractivity contribution in [3.05, 3.63) is 179 Å². The SMILES string of the molecule is CC1(C)c2c(c3ccccc3c3cc(C#Cc4ccccc4)ccc23)-c2c1c1ccc(C#Cc3ccccc3)cc1c1ccccc21. The molecule has 0 nitrogen and oxygen atoms in total. The van der Waals surface area contributed by atoms with E-state index in [0.29, 0.717) is 0 Å². The minimum Gasteiger partial charge on any atom is -0.0622 e. The van der Waals surface area contributed by atoms with Crippen LogP contribution in [0.4, 0.5) is 0 Å². The van der Waals surface area contributed by atoms with Gasteiger partial charge in [0.2, 0.25) is 0 Å². The Morgan fingerprint density at radius 2 is 0.681 bits per heavy atom. The van der Waals surface area contributed by atoms with E-state index in [2.05, 4.69) is 147 Å². The second-order valence-electron chi connectivity index (χ2n) is 13.0. The average molecular weight is 595 g/mol. The number of hydrogen-bond acceptors (Lipinski definition) is 0. The van der Waals surface area contributed by atoms with Gasteiger partial charge in [0.1, 0.15) is 0 Å². The fourth-order valence-electron chi connectivity index (χ4n) is 7.81. The lowest BCUT2D eigenvalue weighted by atomic mass is 9.77. The minimum atomic E-state index is -0.232. The summed E-state index contributed by atoms with van der Waals surface area (Å²) in [5.74, 6) is 13.6. The molecule has 0 fully saturated rings. The van der Waals surface area contributed by atoms with Gasteiger partial charge in [0.05, 0.1) is 0 Å². The fraction of sp³-hybridized carbons (Fsp3) is 0.0638.